The molecule has 2 rings (SSSR count). The largest absolute Gasteiger partial charge is 0.468 e. The van der Waals surface area contributed by atoms with Crippen molar-refractivity contribution in [2.75, 3.05) is 6.54 Å². The minimum atomic E-state index is 0.237. The summed E-state index contributed by atoms with van der Waals surface area (Å²) in [5, 5.41) is 3.40. The van der Waals surface area contributed by atoms with E-state index in [1.807, 2.05) is 12.1 Å². The first-order valence-corrected chi connectivity index (χ1v) is 6.70. The molecular weight excluding hydrogens is 226 g/mol. The summed E-state index contributed by atoms with van der Waals surface area (Å²) in [5.74, 6) is 1.44. The van der Waals surface area contributed by atoms with Gasteiger partial charge in [-0.05, 0) is 38.8 Å². The topological polar surface area (TPSA) is 34.4 Å². The summed E-state index contributed by atoms with van der Waals surface area (Å²) in [6.45, 7) is 9.94. The van der Waals surface area contributed by atoms with Gasteiger partial charge in [-0.25, -0.2) is 0 Å². The van der Waals surface area contributed by atoms with Gasteiger partial charge in [0, 0.05) is 12.5 Å². The van der Waals surface area contributed by atoms with Crippen LogP contribution in [0.1, 0.15) is 32.4 Å². The minimum Gasteiger partial charge on any atom is -0.468 e. The van der Waals surface area contributed by atoms with Crippen molar-refractivity contribution in [3.8, 4) is 0 Å². The molecular formula is C15H23NO2. The first-order valence-electron chi connectivity index (χ1n) is 6.70. The lowest BCUT2D eigenvalue weighted by atomic mass is 9.87. The quantitative estimate of drug-likeness (QED) is 0.814. The molecule has 2 heterocycles. The fourth-order valence-corrected chi connectivity index (χ4v) is 2.57. The highest BCUT2D eigenvalue weighted by atomic mass is 16.5. The van der Waals surface area contributed by atoms with Gasteiger partial charge in [-0.15, -0.1) is 0 Å². The molecule has 1 N–H and O–H groups in total. The van der Waals surface area contributed by atoms with Gasteiger partial charge in [0.05, 0.1) is 25.0 Å². The van der Waals surface area contributed by atoms with Crippen LogP contribution in [-0.2, 0) is 11.3 Å². The van der Waals surface area contributed by atoms with E-state index in [0.717, 1.165) is 25.3 Å². The molecule has 100 valence electrons. The lowest BCUT2D eigenvalue weighted by Crippen LogP contribution is -2.41. The third-order valence-electron chi connectivity index (χ3n) is 3.60. The fraction of sp³-hybridized carbons (Fsp3) is 0.600. The highest BCUT2D eigenvalue weighted by Gasteiger charge is 2.29. The van der Waals surface area contributed by atoms with Crippen molar-refractivity contribution in [3.63, 3.8) is 0 Å². The minimum absolute atomic E-state index is 0.237. The summed E-state index contributed by atoms with van der Waals surface area (Å²) in [6, 6.07) is 3.89. The molecule has 3 heteroatoms. The van der Waals surface area contributed by atoms with Gasteiger partial charge in [-0.1, -0.05) is 12.2 Å². The molecule has 1 aliphatic rings. The van der Waals surface area contributed by atoms with E-state index in [-0.39, 0.29) is 6.10 Å². The summed E-state index contributed by atoms with van der Waals surface area (Å²) >= 11 is 0. The molecule has 0 aliphatic carbocycles. The van der Waals surface area contributed by atoms with Crippen LogP contribution in [0.2, 0.25) is 0 Å². The number of hydrogen-bond donors (Lipinski definition) is 1. The second-order valence-corrected chi connectivity index (χ2v) is 5.23. The Morgan fingerprint density at radius 1 is 1.50 bits per heavy atom. The smallest absolute Gasteiger partial charge is 0.117 e. The third kappa shape index (κ3) is 3.47. The van der Waals surface area contributed by atoms with Gasteiger partial charge in [-0.3, -0.25) is 0 Å². The maximum absolute atomic E-state index is 6.03. The SMILES string of the molecule is C=C(C)[C@H]1CC[C@H](C)O[C@H]1CNCc1ccco1. The summed E-state index contributed by atoms with van der Waals surface area (Å²) < 4.78 is 11.3. The Hall–Kier alpha value is -1.06. The molecule has 3 nitrogen and oxygen atoms in total. The zero-order valence-corrected chi connectivity index (χ0v) is 11.3. The molecule has 0 unspecified atom stereocenters. The molecule has 0 spiro atoms. The Labute approximate surface area is 109 Å². The lowest BCUT2D eigenvalue weighted by molar-refractivity contribution is -0.0633. The Kier molecular flexibility index (Phi) is 4.61. The zero-order chi connectivity index (χ0) is 13.0. The molecule has 0 aromatic carbocycles. The van der Waals surface area contributed by atoms with Crippen LogP contribution >= 0.6 is 0 Å². The first-order chi connectivity index (χ1) is 8.66. The molecule has 0 amide bonds. The van der Waals surface area contributed by atoms with Gasteiger partial charge in [-0.2, -0.15) is 0 Å². The molecule has 0 bridgehead atoms. The van der Waals surface area contributed by atoms with E-state index in [4.69, 9.17) is 9.15 Å². The summed E-state index contributed by atoms with van der Waals surface area (Å²) in [4.78, 5) is 0. The Balaban J connectivity index is 1.82. The molecule has 3 atom stereocenters. The van der Waals surface area contributed by atoms with Crippen LogP contribution in [0.25, 0.3) is 0 Å². The summed E-state index contributed by atoms with van der Waals surface area (Å²) in [7, 11) is 0. The number of rotatable bonds is 5. The molecule has 1 aromatic heterocycles. The second-order valence-electron chi connectivity index (χ2n) is 5.23. The number of nitrogens with one attached hydrogen (secondary N) is 1. The van der Waals surface area contributed by atoms with Gasteiger partial charge in [0.1, 0.15) is 5.76 Å². The summed E-state index contributed by atoms with van der Waals surface area (Å²) in [6.07, 6.45) is 4.61. The maximum atomic E-state index is 6.03. The standard InChI is InChI=1S/C15H23NO2/c1-11(2)14-7-6-12(3)18-15(14)10-16-9-13-5-4-8-17-13/h4-5,8,12,14-16H,1,6-7,9-10H2,2-3H3/t12-,14+,15-/m0/s1. The van der Waals surface area contributed by atoms with Gasteiger partial charge in [0.2, 0.25) is 0 Å². The van der Waals surface area contributed by atoms with E-state index in [9.17, 15) is 0 Å². The van der Waals surface area contributed by atoms with Crippen LogP contribution in [0, 0.1) is 5.92 Å². The van der Waals surface area contributed by atoms with E-state index in [2.05, 4.69) is 25.7 Å². The number of furan rings is 1. The normalized spacial score (nSPS) is 28.2. The van der Waals surface area contributed by atoms with Crippen molar-refractivity contribution in [1.29, 1.82) is 0 Å². The van der Waals surface area contributed by atoms with E-state index in [0.29, 0.717) is 12.0 Å². The van der Waals surface area contributed by atoms with E-state index < -0.39 is 0 Å². The monoisotopic (exact) mass is 249 g/mol. The predicted molar refractivity (Wildman–Crippen MR) is 72.3 cm³/mol. The van der Waals surface area contributed by atoms with Crippen molar-refractivity contribution < 1.29 is 9.15 Å². The average molecular weight is 249 g/mol. The molecule has 18 heavy (non-hydrogen) atoms. The molecule has 1 aliphatic heterocycles. The molecule has 1 saturated heterocycles. The van der Waals surface area contributed by atoms with Crippen molar-refractivity contribution in [2.24, 2.45) is 5.92 Å². The van der Waals surface area contributed by atoms with Gasteiger partial charge in [0.15, 0.2) is 0 Å². The molecule has 0 saturated carbocycles. The van der Waals surface area contributed by atoms with E-state index in [1.54, 1.807) is 6.26 Å². The van der Waals surface area contributed by atoms with Crippen molar-refractivity contribution in [3.05, 3.63) is 36.3 Å². The third-order valence-corrected chi connectivity index (χ3v) is 3.60. The average Bonchev–Trinajstić information content (AvgIpc) is 2.82. The highest BCUT2D eigenvalue weighted by Crippen LogP contribution is 2.29. The molecule has 1 fully saturated rings. The van der Waals surface area contributed by atoms with Crippen LogP contribution < -0.4 is 5.32 Å². The van der Waals surface area contributed by atoms with Crippen LogP contribution in [0.3, 0.4) is 0 Å². The van der Waals surface area contributed by atoms with Crippen LogP contribution in [-0.4, -0.2) is 18.8 Å². The number of ether oxygens (including phenoxy) is 1. The summed E-state index contributed by atoms with van der Waals surface area (Å²) in [5.41, 5.74) is 1.23. The predicted octanol–water partition coefficient (Wildman–Crippen LogP) is 3.13. The van der Waals surface area contributed by atoms with Crippen molar-refractivity contribution in [1.82, 2.24) is 5.32 Å². The first kappa shape index (κ1) is 13.4. The fourth-order valence-electron chi connectivity index (χ4n) is 2.57. The Morgan fingerprint density at radius 3 is 3.00 bits per heavy atom. The van der Waals surface area contributed by atoms with Crippen LogP contribution in [0.4, 0.5) is 0 Å². The molecule has 1 aromatic rings. The van der Waals surface area contributed by atoms with Gasteiger partial charge in [0.25, 0.3) is 0 Å². The van der Waals surface area contributed by atoms with Gasteiger partial charge >= 0.3 is 0 Å². The van der Waals surface area contributed by atoms with E-state index in [1.165, 1.54) is 12.0 Å². The van der Waals surface area contributed by atoms with E-state index >= 15 is 0 Å². The second kappa shape index (κ2) is 6.21. The van der Waals surface area contributed by atoms with Crippen LogP contribution in [0.15, 0.2) is 35.0 Å². The Bertz CT molecular complexity index is 372. The van der Waals surface area contributed by atoms with Gasteiger partial charge < -0.3 is 14.5 Å². The Morgan fingerprint density at radius 2 is 2.33 bits per heavy atom. The van der Waals surface area contributed by atoms with Crippen molar-refractivity contribution >= 4 is 0 Å². The lowest BCUT2D eigenvalue weighted by Gasteiger charge is -2.36. The highest BCUT2D eigenvalue weighted by molar-refractivity contribution is 5.03. The number of hydrogen-bond acceptors (Lipinski definition) is 3. The van der Waals surface area contributed by atoms with Crippen LogP contribution in [0.5, 0.6) is 0 Å². The maximum Gasteiger partial charge on any atom is 0.117 e. The molecule has 0 radical (unpaired) electrons. The van der Waals surface area contributed by atoms with Crippen molar-refractivity contribution in [2.45, 2.75) is 45.4 Å². The zero-order valence-electron chi connectivity index (χ0n) is 11.3.